The number of hydrogen-bond acceptors (Lipinski definition) is 3. The Balaban J connectivity index is 2.41. The Morgan fingerprint density at radius 2 is 2.18 bits per heavy atom. The van der Waals surface area contributed by atoms with E-state index in [9.17, 15) is 8.42 Å². The molecule has 7 heteroatoms. The molecule has 1 heterocycles. The third kappa shape index (κ3) is 2.66. The van der Waals surface area contributed by atoms with Crippen LogP contribution in [0.5, 0.6) is 0 Å². The first kappa shape index (κ1) is 13.3. The van der Waals surface area contributed by atoms with Gasteiger partial charge in [0, 0.05) is 23.6 Å². The number of benzene rings is 1. The average Bonchev–Trinajstić information content (AvgIpc) is 2.69. The van der Waals surface area contributed by atoms with E-state index in [1.807, 2.05) is 0 Å². The first-order valence-corrected chi connectivity index (χ1v) is 7.73. The van der Waals surface area contributed by atoms with E-state index in [1.54, 1.807) is 12.1 Å². The molecule has 1 atom stereocenters. The lowest BCUT2D eigenvalue weighted by Crippen LogP contribution is -2.32. The lowest BCUT2D eigenvalue weighted by molar-refractivity contribution is 0.472. The Bertz CT molecular complexity index is 535. The van der Waals surface area contributed by atoms with E-state index >= 15 is 0 Å². The Kier molecular flexibility index (Phi) is 3.80. The molecule has 0 amide bonds. The minimum Gasteiger partial charge on any atom is -0.326 e. The third-order valence-corrected chi connectivity index (χ3v) is 5.54. The highest BCUT2D eigenvalue weighted by Crippen LogP contribution is 2.29. The van der Waals surface area contributed by atoms with E-state index in [-0.39, 0.29) is 16.0 Å². The zero-order chi connectivity index (χ0) is 12.6. The lowest BCUT2D eigenvalue weighted by Gasteiger charge is -2.17. The summed E-state index contributed by atoms with van der Waals surface area (Å²) < 4.78 is 26.7. The van der Waals surface area contributed by atoms with Gasteiger partial charge < -0.3 is 5.73 Å². The van der Waals surface area contributed by atoms with Crippen molar-refractivity contribution in [2.75, 3.05) is 13.1 Å². The van der Waals surface area contributed by atoms with Crippen LogP contribution in [-0.2, 0) is 10.0 Å². The first-order valence-electron chi connectivity index (χ1n) is 5.12. The minimum atomic E-state index is -3.53. The van der Waals surface area contributed by atoms with Crippen molar-refractivity contribution in [1.82, 2.24) is 4.31 Å². The molecule has 0 unspecified atom stereocenters. The molecule has 0 radical (unpaired) electrons. The minimum absolute atomic E-state index is 0.0873. The molecule has 0 aliphatic carbocycles. The van der Waals surface area contributed by atoms with Gasteiger partial charge in [-0.2, -0.15) is 4.31 Å². The van der Waals surface area contributed by atoms with E-state index in [1.165, 1.54) is 10.4 Å². The standard InChI is InChI=1S/C10H12BrClN2O2S/c11-7-1-2-9(12)10(5-7)17(15,16)14-4-3-8(13)6-14/h1-2,5,8H,3-4,6,13H2/t8-/m1/s1. The van der Waals surface area contributed by atoms with Crippen molar-refractivity contribution >= 4 is 37.6 Å². The number of rotatable bonds is 2. The van der Waals surface area contributed by atoms with E-state index in [0.29, 0.717) is 24.0 Å². The summed E-state index contributed by atoms with van der Waals surface area (Å²) in [7, 11) is -3.53. The molecule has 0 bridgehead atoms. The monoisotopic (exact) mass is 338 g/mol. The summed E-state index contributed by atoms with van der Waals surface area (Å²) >= 11 is 9.18. The lowest BCUT2D eigenvalue weighted by atomic mass is 10.3. The van der Waals surface area contributed by atoms with Crippen molar-refractivity contribution in [1.29, 1.82) is 0 Å². The molecule has 17 heavy (non-hydrogen) atoms. The largest absolute Gasteiger partial charge is 0.326 e. The molecule has 1 aromatic rings. The summed E-state index contributed by atoms with van der Waals surface area (Å²) in [5.74, 6) is 0. The molecule has 1 aromatic carbocycles. The van der Waals surface area contributed by atoms with E-state index in [2.05, 4.69) is 15.9 Å². The van der Waals surface area contributed by atoms with Gasteiger partial charge in [0.1, 0.15) is 4.90 Å². The molecule has 2 rings (SSSR count). The predicted molar refractivity (Wildman–Crippen MR) is 70.5 cm³/mol. The van der Waals surface area contributed by atoms with Crippen LogP contribution in [0.3, 0.4) is 0 Å². The number of hydrogen-bond donors (Lipinski definition) is 1. The number of nitrogens with zero attached hydrogens (tertiary/aromatic N) is 1. The number of nitrogens with two attached hydrogens (primary N) is 1. The van der Waals surface area contributed by atoms with E-state index in [0.717, 1.165) is 0 Å². The second kappa shape index (κ2) is 4.85. The fourth-order valence-electron chi connectivity index (χ4n) is 1.79. The highest BCUT2D eigenvalue weighted by molar-refractivity contribution is 9.10. The van der Waals surface area contributed by atoms with Crippen LogP contribution < -0.4 is 5.73 Å². The zero-order valence-electron chi connectivity index (χ0n) is 8.94. The molecule has 1 aliphatic heterocycles. The van der Waals surface area contributed by atoms with Crippen molar-refractivity contribution in [3.05, 3.63) is 27.7 Å². The second-order valence-corrected chi connectivity index (χ2v) is 7.22. The van der Waals surface area contributed by atoms with Crippen LogP contribution in [0.1, 0.15) is 6.42 Å². The summed E-state index contributed by atoms with van der Waals surface area (Å²) in [5, 5.41) is 0.230. The van der Waals surface area contributed by atoms with Crippen LogP contribution in [0.2, 0.25) is 5.02 Å². The summed E-state index contributed by atoms with van der Waals surface area (Å²) in [6.07, 6.45) is 0.685. The quantitative estimate of drug-likeness (QED) is 0.894. The van der Waals surface area contributed by atoms with Gasteiger partial charge in [0.2, 0.25) is 10.0 Å². The smallest absolute Gasteiger partial charge is 0.244 e. The Labute approximate surface area is 114 Å². The summed E-state index contributed by atoms with van der Waals surface area (Å²) in [5.41, 5.74) is 5.72. The van der Waals surface area contributed by atoms with Gasteiger partial charge in [0.15, 0.2) is 0 Å². The van der Waals surface area contributed by atoms with Crippen LogP contribution >= 0.6 is 27.5 Å². The Morgan fingerprint density at radius 3 is 2.76 bits per heavy atom. The second-order valence-electron chi connectivity index (χ2n) is 3.99. The van der Waals surface area contributed by atoms with Crippen molar-refractivity contribution in [3.8, 4) is 0 Å². The number of halogens is 2. The molecule has 1 aliphatic rings. The first-order chi connectivity index (χ1) is 7.91. The maximum Gasteiger partial charge on any atom is 0.244 e. The van der Waals surface area contributed by atoms with Crippen LogP contribution in [-0.4, -0.2) is 31.9 Å². The molecular weight excluding hydrogens is 328 g/mol. The van der Waals surface area contributed by atoms with Gasteiger partial charge in [-0.3, -0.25) is 0 Å². The highest BCUT2D eigenvalue weighted by Gasteiger charge is 2.32. The average molecular weight is 340 g/mol. The van der Waals surface area contributed by atoms with Crippen LogP contribution in [0.4, 0.5) is 0 Å². The molecule has 0 saturated carbocycles. The number of sulfonamides is 1. The fourth-order valence-corrected chi connectivity index (χ4v) is 4.31. The summed E-state index contributed by atoms with van der Waals surface area (Å²) in [6.45, 7) is 0.803. The fraction of sp³-hybridized carbons (Fsp3) is 0.400. The van der Waals surface area contributed by atoms with Gasteiger partial charge in [0.05, 0.1) is 5.02 Å². The van der Waals surface area contributed by atoms with Crippen molar-refractivity contribution < 1.29 is 8.42 Å². The SMILES string of the molecule is N[C@@H]1CCN(S(=O)(=O)c2cc(Br)ccc2Cl)C1. The van der Waals surface area contributed by atoms with Crippen LogP contribution in [0, 0.1) is 0 Å². The Morgan fingerprint density at radius 1 is 1.47 bits per heavy atom. The maximum atomic E-state index is 12.3. The molecule has 1 saturated heterocycles. The van der Waals surface area contributed by atoms with Gasteiger partial charge in [-0.05, 0) is 24.6 Å². The third-order valence-electron chi connectivity index (χ3n) is 2.70. The summed E-state index contributed by atoms with van der Waals surface area (Å²) in [6, 6.07) is 4.70. The molecular formula is C10H12BrClN2O2S. The topological polar surface area (TPSA) is 63.4 Å². The van der Waals surface area contributed by atoms with Gasteiger partial charge in [-0.1, -0.05) is 27.5 Å². The molecule has 94 valence electrons. The van der Waals surface area contributed by atoms with E-state index in [4.69, 9.17) is 17.3 Å². The molecule has 4 nitrogen and oxygen atoms in total. The van der Waals surface area contributed by atoms with Crippen molar-refractivity contribution in [2.24, 2.45) is 5.73 Å². The molecule has 2 N–H and O–H groups in total. The van der Waals surface area contributed by atoms with Gasteiger partial charge in [-0.25, -0.2) is 8.42 Å². The highest BCUT2D eigenvalue weighted by atomic mass is 79.9. The van der Waals surface area contributed by atoms with E-state index < -0.39 is 10.0 Å². The normalized spacial score (nSPS) is 21.9. The van der Waals surface area contributed by atoms with Gasteiger partial charge in [0.25, 0.3) is 0 Å². The maximum absolute atomic E-state index is 12.3. The Hall–Kier alpha value is -0.140. The molecule has 1 fully saturated rings. The van der Waals surface area contributed by atoms with Gasteiger partial charge >= 0.3 is 0 Å². The zero-order valence-corrected chi connectivity index (χ0v) is 12.1. The molecule has 0 aromatic heterocycles. The predicted octanol–water partition coefficient (Wildman–Crippen LogP) is 1.82. The van der Waals surface area contributed by atoms with Gasteiger partial charge in [-0.15, -0.1) is 0 Å². The van der Waals surface area contributed by atoms with Crippen LogP contribution in [0.15, 0.2) is 27.6 Å². The van der Waals surface area contributed by atoms with Crippen LogP contribution in [0.25, 0.3) is 0 Å². The summed E-state index contributed by atoms with van der Waals surface area (Å²) in [4.78, 5) is 0.127. The van der Waals surface area contributed by atoms with Crippen molar-refractivity contribution in [2.45, 2.75) is 17.4 Å². The molecule has 0 spiro atoms. The van der Waals surface area contributed by atoms with Crippen molar-refractivity contribution in [3.63, 3.8) is 0 Å².